The number of halogens is 3. The maximum atomic E-state index is 14.0. The number of aliphatic carboxylic acids is 1. The molecule has 110 valence electrons. The molecule has 5 nitrogen and oxygen atoms in total. The number of hydrogen-bond donors (Lipinski definition) is 1. The second-order valence-corrected chi connectivity index (χ2v) is 5.68. The van der Waals surface area contributed by atoms with Crippen LogP contribution in [0, 0.1) is 11.6 Å². The van der Waals surface area contributed by atoms with E-state index in [1.54, 1.807) is 0 Å². The number of carboxylic acids is 1. The van der Waals surface area contributed by atoms with Crippen molar-refractivity contribution in [2.24, 2.45) is 0 Å². The summed E-state index contributed by atoms with van der Waals surface area (Å²) in [4.78, 5) is 25.4. The fraction of sp³-hybridized carbons (Fsp3) is 0.0833. The highest BCUT2D eigenvalue weighted by atomic mass is 79.9. The standard InChI is InChI=1S/C12H7BrF2N2O3S/c13-6-3-7(14)11(8(15)4-6)17-2-1-9(18)16-12(17)21-5-10(19)20/h1-4H,5H2,(H,19,20). The molecule has 0 spiro atoms. The van der Waals surface area contributed by atoms with Crippen molar-refractivity contribution in [2.45, 2.75) is 5.16 Å². The summed E-state index contributed by atoms with van der Waals surface area (Å²) in [5.74, 6) is -3.27. The Labute approximate surface area is 129 Å². The average Bonchev–Trinajstić information content (AvgIpc) is 2.37. The highest BCUT2D eigenvalue weighted by molar-refractivity contribution is 9.10. The van der Waals surface area contributed by atoms with Crippen molar-refractivity contribution in [1.29, 1.82) is 0 Å². The summed E-state index contributed by atoms with van der Waals surface area (Å²) in [5, 5.41) is 8.55. The number of aromatic nitrogens is 2. The fourth-order valence-corrected chi connectivity index (χ4v) is 2.65. The Balaban J connectivity index is 2.58. The molecule has 1 aromatic carbocycles. The molecule has 0 amide bonds. The number of nitrogens with zero attached hydrogens (tertiary/aromatic N) is 2. The molecule has 1 N–H and O–H groups in total. The minimum absolute atomic E-state index is 0.106. The van der Waals surface area contributed by atoms with Gasteiger partial charge in [0, 0.05) is 16.7 Å². The lowest BCUT2D eigenvalue weighted by Gasteiger charge is -2.13. The molecule has 0 aliphatic carbocycles. The van der Waals surface area contributed by atoms with Crippen LogP contribution in [0.2, 0.25) is 0 Å². The zero-order chi connectivity index (χ0) is 15.6. The van der Waals surface area contributed by atoms with Crippen LogP contribution in [-0.2, 0) is 4.79 Å². The Morgan fingerprint density at radius 3 is 2.57 bits per heavy atom. The van der Waals surface area contributed by atoms with Gasteiger partial charge in [-0.3, -0.25) is 14.2 Å². The molecule has 0 saturated carbocycles. The Morgan fingerprint density at radius 1 is 1.38 bits per heavy atom. The predicted octanol–water partition coefficient (Wildman–Crippen LogP) is 2.45. The van der Waals surface area contributed by atoms with Gasteiger partial charge in [-0.15, -0.1) is 0 Å². The first-order valence-electron chi connectivity index (χ1n) is 5.47. The van der Waals surface area contributed by atoms with Crippen LogP contribution in [0.3, 0.4) is 0 Å². The molecule has 0 atom stereocenters. The van der Waals surface area contributed by atoms with Gasteiger partial charge in [-0.25, -0.2) is 8.78 Å². The molecular weight excluding hydrogens is 370 g/mol. The van der Waals surface area contributed by atoms with Crippen molar-refractivity contribution in [3.05, 3.63) is 50.9 Å². The number of carbonyl (C=O) groups is 1. The summed E-state index contributed by atoms with van der Waals surface area (Å²) in [6.07, 6.45) is 1.15. The maximum absolute atomic E-state index is 14.0. The normalized spacial score (nSPS) is 10.6. The van der Waals surface area contributed by atoms with Gasteiger partial charge in [0.25, 0.3) is 5.56 Å². The number of hydrogen-bond acceptors (Lipinski definition) is 4. The zero-order valence-corrected chi connectivity index (χ0v) is 12.6. The van der Waals surface area contributed by atoms with E-state index in [1.165, 1.54) is 0 Å². The third-order valence-corrected chi connectivity index (χ3v) is 3.72. The minimum atomic E-state index is -1.14. The maximum Gasteiger partial charge on any atom is 0.313 e. The Bertz CT molecular complexity index is 743. The third-order valence-electron chi connectivity index (χ3n) is 2.33. The van der Waals surface area contributed by atoms with Crippen LogP contribution in [-0.4, -0.2) is 26.4 Å². The summed E-state index contributed by atoms with van der Waals surface area (Å²) < 4.78 is 29.1. The molecule has 0 aliphatic rings. The van der Waals surface area contributed by atoms with Crippen molar-refractivity contribution >= 4 is 33.7 Å². The van der Waals surface area contributed by atoms with Gasteiger partial charge in [0.05, 0.1) is 5.75 Å². The highest BCUT2D eigenvalue weighted by Gasteiger charge is 2.16. The van der Waals surface area contributed by atoms with Gasteiger partial charge in [0.1, 0.15) is 5.69 Å². The summed E-state index contributed by atoms with van der Waals surface area (Å²) in [7, 11) is 0. The molecule has 0 unspecified atom stereocenters. The molecule has 0 saturated heterocycles. The quantitative estimate of drug-likeness (QED) is 0.655. The van der Waals surface area contributed by atoms with Crippen LogP contribution in [0.4, 0.5) is 8.78 Å². The zero-order valence-electron chi connectivity index (χ0n) is 10.2. The van der Waals surface area contributed by atoms with E-state index in [1.807, 2.05) is 0 Å². The molecule has 21 heavy (non-hydrogen) atoms. The van der Waals surface area contributed by atoms with Crippen molar-refractivity contribution in [2.75, 3.05) is 5.75 Å². The van der Waals surface area contributed by atoms with Gasteiger partial charge >= 0.3 is 5.97 Å². The van der Waals surface area contributed by atoms with Crippen LogP contribution >= 0.6 is 27.7 Å². The SMILES string of the molecule is O=C(O)CSc1nc(=O)ccn1-c1c(F)cc(Br)cc1F. The first kappa shape index (κ1) is 15.6. The first-order chi connectivity index (χ1) is 9.88. The van der Waals surface area contributed by atoms with Crippen LogP contribution in [0.25, 0.3) is 5.69 Å². The van der Waals surface area contributed by atoms with E-state index >= 15 is 0 Å². The molecule has 0 aliphatic heterocycles. The largest absolute Gasteiger partial charge is 0.481 e. The smallest absolute Gasteiger partial charge is 0.313 e. The van der Waals surface area contributed by atoms with Gasteiger partial charge in [0.2, 0.25) is 0 Å². The van der Waals surface area contributed by atoms with Gasteiger partial charge in [0.15, 0.2) is 16.8 Å². The lowest BCUT2D eigenvalue weighted by molar-refractivity contribution is -0.133. The summed E-state index contributed by atoms with van der Waals surface area (Å²) in [5.41, 5.74) is -1.06. The van der Waals surface area contributed by atoms with Gasteiger partial charge in [-0.2, -0.15) is 4.98 Å². The molecule has 1 aromatic heterocycles. The van der Waals surface area contributed by atoms with Crippen molar-refractivity contribution < 1.29 is 18.7 Å². The first-order valence-corrected chi connectivity index (χ1v) is 7.25. The van der Waals surface area contributed by atoms with Crippen molar-refractivity contribution in [3.63, 3.8) is 0 Å². The van der Waals surface area contributed by atoms with E-state index in [0.29, 0.717) is 11.8 Å². The molecule has 0 fully saturated rings. The monoisotopic (exact) mass is 376 g/mol. The molecular formula is C12H7BrF2N2O3S. The highest BCUT2D eigenvalue weighted by Crippen LogP contribution is 2.26. The lowest BCUT2D eigenvalue weighted by Crippen LogP contribution is -2.15. The minimum Gasteiger partial charge on any atom is -0.481 e. The van der Waals surface area contributed by atoms with Gasteiger partial charge < -0.3 is 5.11 Å². The number of rotatable bonds is 4. The summed E-state index contributed by atoms with van der Waals surface area (Å²) >= 11 is 3.65. The molecule has 2 rings (SSSR count). The van der Waals surface area contributed by atoms with E-state index in [0.717, 1.165) is 29.0 Å². The fourth-order valence-electron chi connectivity index (χ4n) is 1.55. The predicted molar refractivity (Wildman–Crippen MR) is 75.8 cm³/mol. The van der Waals surface area contributed by atoms with E-state index in [2.05, 4.69) is 20.9 Å². The lowest BCUT2D eigenvalue weighted by atomic mass is 10.3. The van der Waals surface area contributed by atoms with Crippen LogP contribution in [0.5, 0.6) is 0 Å². The van der Waals surface area contributed by atoms with E-state index in [4.69, 9.17) is 5.11 Å². The van der Waals surface area contributed by atoms with E-state index in [9.17, 15) is 18.4 Å². The van der Waals surface area contributed by atoms with Crippen molar-refractivity contribution in [1.82, 2.24) is 9.55 Å². The topological polar surface area (TPSA) is 72.2 Å². The van der Waals surface area contributed by atoms with Crippen LogP contribution < -0.4 is 5.56 Å². The Kier molecular flexibility index (Phi) is 4.73. The second-order valence-electron chi connectivity index (χ2n) is 3.82. The average molecular weight is 377 g/mol. The second kappa shape index (κ2) is 6.35. The van der Waals surface area contributed by atoms with E-state index in [-0.39, 0.29) is 9.63 Å². The molecule has 9 heteroatoms. The van der Waals surface area contributed by atoms with Crippen LogP contribution in [0.1, 0.15) is 0 Å². The summed E-state index contributed by atoms with van der Waals surface area (Å²) in [6.45, 7) is 0. The van der Waals surface area contributed by atoms with Gasteiger partial charge in [-0.1, -0.05) is 27.7 Å². The van der Waals surface area contributed by atoms with Gasteiger partial charge in [-0.05, 0) is 12.1 Å². The number of benzene rings is 1. The summed E-state index contributed by atoms with van der Waals surface area (Å²) in [6, 6.07) is 3.15. The molecule has 2 aromatic rings. The Hall–Kier alpha value is -1.74. The Morgan fingerprint density at radius 2 is 2.00 bits per heavy atom. The molecule has 0 radical (unpaired) electrons. The van der Waals surface area contributed by atoms with E-state index < -0.39 is 34.6 Å². The van der Waals surface area contributed by atoms with Crippen LogP contribution in [0.15, 0.2) is 38.8 Å². The third kappa shape index (κ3) is 3.67. The molecule has 1 heterocycles. The number of carboxylic acid groups (broad SMARTS) is 1. The molecule has 0 bridgehead atoms. The number of thioether (sulfide) groups is 1. The van der Waals surface area contributed by atoms with Crippen molar-refractivity contribution in [3.8, 4) is 5.69 Å².